The van der Waals surface area contributed by atoms with E-state index in [0.29, 0.717) is 12.3 Å². The van der Waals surface area contributed by atoms with Crippen LogP contribution in [0.3, 0.4) is 0 Å². The van der Waals surface area contributed by atoms with Crippen molar-refractivity contribution in [2.24, 2.45) is 0 Å². The normalized spacial score (nSPS) is 9.69. The summed E-state index contributed by atoms with van der Waals surface area (Å²) in [5.74, 6) is 0.581. The number of ether oxygens (including phenoxy) is 1. The number of hydrogen-bond acceptors (Lipinski definition) is 4. The first kappa shape index (κ1) is 10.1. The lowest BCUT2D eigenvalue weighted by Crippen LogP contribution is -1.98. The van der Waals surface area contributed by atoms with Gasteiger partial charge in [0.05, 0.1) is 7.11 Å². The molecule has 70 valence electrons. The average Bonchev–Trinajstić information content (AvgIpc) is 2.18. The monoisotopic (exact) mass is 196 g/mol. The highest BCUT2D eigenvalue weighted by molar-refractivity contribution is 8.02. The smallest absolute Gasteiger partial charge is 0.235 e. The van der Waals surface area contributed by atoms with Crippen LogP contribution in [-0.2, 0) is 6.42 Å². The van der Waals surface area contributed by atoms with Crippen molar-refractivity contribution in [3.63, 3.8) is 0 Å². The van der Waals surface area contributed by atoms with Gasteiger partial charge < -0.3 is 4.74 Å². The standard InChI is InChI=1S/C9H12N2OS/c1-7(13-3)6-8-9(12-2)11-5-4-10-8/h4-5H,1,6H2,2-3H3. The van der Waals surface area contributed by atoms with Crippen LogP contribution in [-0.4, -0.2) is 23.3 Å². The van der Waals surface area contributed by atoms with Crippen LogP contribution >= 0.6 is 11.8 Å². The molecule has 1 heterocycles. The molecule has 0 amide bonds. The molecule has 0 aliphatic heterocycles. The van der Waals surface area contributed by atoms with E-state index in [4.69, 9.17) is 4.74 Å². The molecule has 0 saturated heterocycles. The van der Waals surface area contributed by atoms with Gasteiger partial charge in [-0.15, -0.1) is 11.8 Å². The second-order valence-corrected chi connectivity index (χ2v) is 3.42. The SMILES string of the molecule is C=C(Cc1nccnc1OC)SC. The Labute approximate surface area is 82.2 Å². The molecule has 0 saturated carbocycles. The Balaban J connectivity index is 2.81. The van der Waals surface area contributed by atoms with Crippen LogP contribution in [0.1, 0.15) is 5.69 Å². The molecule has 0 aliphatic carbocycles. The van der Waals surface area contributed by atoms with Gasteiger partial charge in [-0.05, 0) is 11.2 Å². The van der Waals surface area contributed by atoms with Gasteiger partial charge in [0.1, 0.15) is 5.69 Å². The minimum absolute atomic E-state index is 0.581. The minimum Gasteiger partial charge on any atom is -0.480 e. The topological polar surface area (TPSA) is 35.0 Å². The van der Waals surface area contributed by atoms with Crippen LogP contribution in [0.25, 0.3) is 0 Å². The summed E-state index contributed by atoms with van der Waals surface area (Å²) in [6.07, 6.45) is 5.97. The van der Waals surface area contributed by atoms with E-state index in [1.54, 1.807) is 31.3 Å². The van der Waals surface area contributed by atoms with E-state index in [1.165, 1.54) is 0 Å². The van der Waals surface area contributed by atoms with Gasteiger partial charge in [0, 0.05) is 18.8 Å². The zero-order chi connectivity index (χ0) is 9.68. The molecule has 4 heteroatoms. The van der Waals surface area contributed by atoms with Crippen LogP contribution in [0.4, 0.5) is 0 Å². The van der Waals surface area contributed by atoms with E-state index in [-0.39, 0.29) is 0 Å². The molecule has 1 aromatic rings. The quantitative estimate of drug-likeness (QED) is 0.736. The number of rotatable bonds is 4. The molecule has 0 fully saturated rings. The lowest BCUT2D eigenvalue weighted by atomic mass is 10.3. The Kier molecular flexibility index (Phi) is 3.76. The van der Waals surface area contributed by atoms with Gasteiger partial charge in [0.15, 0.2) is 0 Å². The van der Waals surface area contributed by atoms with E-state index in [9.17, 15) is 0 Å². The molecule has 0 spiro atoms. The number of allylic oxidation sites excluding steroid dienone is 1. The van der Waals surface area contributed by atoms with E-state index in [1.807, 2.05) is 6.26 Å². The summed E-state index contributed by atoms with van der Waals surface area (Å²) < 4.78 is 5.07. The van der Waals surface area contributed by atoms with Crippen molar-refractivity contribution in [1.82, 2.24) is 9.97 Å². The Hall–Kier alpha value is -1.03. The van der Waals surface area contributed by atoms with Crippen molar-refractivity contribution < 1.29 is 4.74 Å². The van der Waals surface area contributed by atoms with Gasteiger partial charge in [-0.3, -0.25) is 4.98 Å². The molecule has 0 aromatic carbocycles. The molecule has 1 aromatic heterocycles. The largest absolute Gasteiger partial charge is 0.480 e. The third kappa shape index (κ3) is 2.73. The van der Waals surface area contributed by atoms with Gasteiger partial charge in [0.25, 0.3) is 0 Å². The zero-order valence-electron chi connectivity index (χ0n) is 7.78. The molecule has 0 bridgehead atoms. The number of nitrogens with zero attached hydrogens (tertiary/aromatic N) is 2. The summed E-state index contributed by atoms with van der Waals surface area (Å²) in [5, 5.41) is 0. The zero-order valence-corrected chi connectivity index (χ0v) is 8.60. The summed E-state index contributed by atoms with van der Waals surface area (Å²) in [6, 6.07) is 0. The number of thioether (sulfide) groups is 1. The fourth-order valence-electron chi connectivity index (χ4n) is 0.905. The van der Waals surface area contributed by atoms with E-state index in [0.717, 1.165) is 10.6 Å². The van der Waals surface area contributed by atoms with Crippen molar-refractivity contribution in [1.29, 1.82) is 0 Å². The number of aromatic nitrogens is 2. The highest BCUT2D eigenvalue weighted by Gasteiger charge is 2.05. The fourth-order valence-corrected chi connectivity index (χ4v) is 1.19. The maximum Gasteiger partial charge on any atom is 0.235 e. The Morgan fingerprint density at radius 1 is 1.54 bits per heavy atom. The van der Waals surface area contributed by atoms with Gasteiger partial charge in [-0.2, -0.15) is 0 Å². The second-order valence-electron chi connectivity index (χ2n) is 2.43. The first-order chi connectivity index (χ1) is 6.27. The van der Waals surface area contributed by atoms with Gasteiger partial charge >= 0.3 is 0 Å². The van der Waals surface area contributed by atoms with Crippen molar-refractivity contribution in [2.75, 3.05) is 13.4 Å². The maximum absolute atomic E-state index is 5.07. The highest BCUT2D eigenvalue weighted by atomic mass is 32.2. The molecule has 13 heavy (non-hydrogen) atoms. The third-order valence-corrected chi connectivity index (χ3v) is 2.30. The van der Waals surface area contributed by atoms with Crippen LogP contribution < -0.4 is 4.74 Å². The van der Waals surface area contributed by atoms with Crippen LogP contribution in [0.15, 0.2) is 23.9 Å². The van der Waals surface area contributed by atoms with Crippen LogP contribution in [0.2, 0.25) is 0 Å². The highest BCUT2D eigenvalue weighted by Crippen LogP contribution is 2.19. The average molecular weight is 196 g/mol. The third-order valence-electron chi connectivity index (χ3n) is 1.58. The first-order valence-electron chi connectivity index (χ1n) is 3.83. The van der Waals surface area contributed by atoms with Gasteiger partial charge in [-0.1, -0.05) is 6.58 Å². The molecule has 0 aliphatic rings. The number of hydrogen-bond donors (Lipinski definition) is 0. The second kappa shape index (κ2) is 4.87. The summed E-state index contributed by atoms with van der Waals surface area (Å²) in [6.45, 7) is 3.88. The number of methoxy groups -OCH3 is 1. The van der Waals surface area contributed by atoms with Crippen molar-refractivity contribution >= 4 is 11.8 Å². The molecular weight excluding hydrogens is 184 g/mol. The maximum atomic E-state index is 5.07. The first-order valence-corrected chi connectivity index (χ1v) is 5.06. The molecule has 0 N–H and O–H groups in total. The molecule has 0 unspecified atom stereocenters. The van der Waals surface area contributed by atoms with Crippen molar-refractivity contribution in [2.45, 2.75) is 6.42 Å². The fraction of sp³-hybridized carbons (Fsp3) is 0.333. The van der Waals surface area contributed by atoms with Gasteiger partial charge in [-0.25, -0.2) is 4.98 Å². The summed E-state index contributed by atoms with van der Waals surface area (Å²) >= 11 is 1.62. The Morgan fingerprint density at radius 2 is 2.23 bits per heavy atom. The summed E-state index contributed by atoms with van der Waals surface area (Å²) in [5.41, 5.74) is 0.837. The van der Waals surface area contributed by atoms with Crippen molar-refractivity contribution in [3.8, 4) is 5.88 Å². The predicted molar refractivity (Wildman–Crippen MR) is 54.9 cm³/mol. The molecule has 0 atom stereocenters. The van der Waals surface area contributed by atoms with Crippen molar-refractivity contribution in [3.05, 3.63) is 29.6 Å². The lowest BCUT2D eigenvalue weighted by molar-refractivity contribution is 0.390. The van der Waals surface area contributed by atoms with Crippen LogP contribution in [0.5, 0.6) is 5.88 Å². The summed E-state index contributed by atoms with van der Waals surface area (Å²) in [4.78, 5) is 9.28. The lowest BCUT2D eigenvalue weighted by Gasteiger charge is -2.05. The summed E-state index contributed by atoms with van der Waals surface area (Å²) in [7, 11) is 1.59. The van der Waals surface area contributed by atoms with E-state index in [2.05, 4.69) is 16.5 Å². The minimum atomic E-state index is 0.581. The molecule has 0 radical (unpaired) electrons. The molecule has 1 rings (SSSR count). The predicted octanol–water partition coefficient (Wildman–Crippen LogP) is 1.90. The van der Waals surface area contributed by atoms with Crippen LogP contribution in [0, 0.1) is 0 Å². The molecule has 3 nitrogen and oxygen atoms in total. The van der Waals surface area contributed by atoms with Gasteiger partial charge in [0.2, 0.25) is 5.88 Å². The van der Waals surface area contributed by atoms with E-state index < -0.39 is 0 Å². The molecular formula is C9H12N2OS. The Bertz CT molecular complexity index is 301. The Morgan fingerprint density at radius 3 is 2.85 bits per heavy atom. The van der Waals surface area contributed by atoms with E-state index >= 15 is 0 Å².